The monoisotopic (exact) mass is 315 g/mol. The number of fused-ring (bicyclic) bond motifs is 4. The quantitative estimate of drug-likeness (QED) is 0.700. The van der Waals surface area contributed by atoms with Gasteiger partial charge in [-0.25, -0.2) is 15.0 Å². The minimum atomic E-state index is 0.281. The van der Waals surface area contributed by atoms with Gasteiger partial charge in [0.15, 0.2) is 0 Å². The molecule has 0 saturated carbocycles. The molecule has 1 aliphatic carbocycles. The number of nitrogen functional groups attached to an aromatic ring is 1. The second kappa shape index (κ2) is 5.11. The van der Waals surface area contributed by atoms with Gasteiger partial charge in [0.1, 0.15) is 0 Å². The van der Waals surface area contributed by atoms with Crippen molar-refractivity contribution in [2.45, 2.75) is 18.9 Å². The Morgan fingerprint density at radius 1 is 1.08 bits per heavy atom. The first-order valence-corrected chi connectivity index (χ1v) is 8.24. The molecule has 1 saturated heterocycles. The molecule has 2 aromatic heterocycles. The van der Waals surface area contributed by atoms with Crippen LogP contribution in [0.3, 0.4) is 0 Å². The molecular weight excluding hydrogens is 298 g/mol. The molecule has 118 valence electrons. The van der Waals surface area contributed by atoms with Gasteiger partial charge in [-0.2, -0.15) is 0 Å². The summed E-state index contributed by atoms with van der Waals surface area (Å²) in [5.41, 5.74) is 8.94. The minimum Gasteiger partial charge on any atom is -0.368 e. The lowest BCUT2D eigenvalue weighted by atomic mass is 9.93. The molecule has 3 N–H and O–H groups in total. The van der Waals surface area contributed by atoms with E-state index in [1.165, 1.54) is 16.2 Å². The van der Waals surface area contributed by atoms with Crippen molar-refractivity contribution in [2.24, 2.45) is 0 Å². The number of benzene rings is 1. The van der Waals surface area contributed by atoms with Crippen LogP contribution in [0.1, 0.15) is 12.8 Å². The molecule has 1 unspecified atom stereocenters. The minimum absolute atomic E-state index is 0.281. The highest BCUT2D eigenvalue weighted by molar-refractivity contribution is 5.96. The highest BCUT2D eigenvalue weighted by Gasteiger charge is 2.24. The molecule has 1 fully saturated rings. The lowest BCUT2D eigenvalue weighted by molar-refractivity contribution is 0.698. The van der Waals surface area contributed by atoms with Crippen molar-refractivity contribution in [3.8, 4) is 11.3 Å². The fraction of sp³-hybridized carbons (Fsp3) is 0.211. The lowest BCUT2D eigenvalue weighted by Gasteiger charge is -2.17. The Morgan fingerprint density at radius 3 is 2.71 bits per heavy atom. The molecule has 3 heterocycles. The maximum absolute atomic E-state index is 5.63. The first-order valence-electron chi connectivity index (χ1n) is 8.24. The van der Waals surface area contributed by atoms with Gasteiger partial charge in [0.05, 0.1) is 11.0 Å². The summed E-state index contributed by atoms with van der Waals surface area (Å²) in [6.45, 7) is 1.05. The van der Waals surface area contributed by atoms with Gasteiger partial charge in [0.25, 0.3) is 0 Å². The van der Waals surface area contributed by atoms with E-state index in [1.807, 2.05) is 0 Å². The molecule has 1 aliphatic heterocycles. The third-order valence-corrected chi connectivity index (χ3v) is 4.96. The summed E-state index contributed by atoms with van der Waals surface area (Å²) < 4.78 is 0. The van der Waals surface area contributed by atoms with Crippen LogP contribution in [0.2, 0.25) is 0 Å². The van der Waals surface area contributed by atoms with Gasteiger partial charge in [-0.3, -0.25) is 0 Å². The molecule has 0 radical (unpaired) electrons. The van der Waals surface area contributed by atoms with Crippen molar-refractivity contribution in [2.75, 3.05) is 12.3 Å². The maximum Gasteiger partial charge on any atom is 0.219 e. The zero-order valence-corrected chi connectivity index (χ0v) is 13.2. The van der Waals surface area contributed by atoms with E-state index in [-0.39, 0.29) is 5.95 Å². The van der Waals surface area contributed by atoms with E-state index >= 15 is 0 Å². The summed E-state index contributed by atoms with van der Waals surface area (Å²) in [4.78, 5) is 13.2. The van der Waals surface area contributed by atoms with Gasteiger partial charge < -0.3 is 11.1 Å². The number of nitrogens with one attached hydrogen (secondary N) is 1. The molecule has 3 aromatic rings. The normalized spacial score (nSPS) is 19.0. The van der Waals surface area contributed by atoms with Crippen LogP contribution in [-0.4, -0.2) is 27.5 Å². The van der Waals surface area contributed by atoms with Crippen LogP contribution >= 0.6 is 0 Å². The number of nitrogens with zero attached hydrogens (tertiary/aromatic N) is 3. The van der Waals surface area contributed by atoms with Crippen molar-refractivity contribution < 1.29 is 0 Å². The van der Waals surface area contributed by atoms with Crippen molar-refractivity contribution in [1.29, 1.82) is 0 Å². The molecule has 1 atom stereocenters. The third-order valence-electron chi connectivity index (χ3n) is 4.96. The Kier molecular flexibility index (Phi) is 2.90. The van der Waals surface area contributed by atoms with Crippen LogP contribution in [0.15, 0.2) is 36.7 Å². The van der Waals surface area contributed by atoms with Crippen LogP contribution in [0.5, 0.6) is 0 Å². The van der Waals surface area contributed by atoms with Crippen molar-refractivity contribution in [3.63, 3.8) is 0 Å². The molecule has 0 bridgehead atoms. The summed E-state index contributed by atoms with van der Waals surface area (Å²) in [6, 6.07) is 8.94. The second-order valence-corrected chi connectivity index (χ2v) is 6.32. The Hall–Kier alpha value is -2.79. The standard InChI is InChI=1S/C19H17N5/c20-19-22-9-11(10-23-19)18-13-4-2-1-3-12(13)17-14-7-8-21-15(14)5-6-16(17)24-18/h1-4,6,9-10,15,21H,5,7-8H2,(H2,20,22,23). The Bertz CT molecular complexity index is 1070. The number of rotatable bonds is 1. The first-order chi connectivity index (χ1) is 11.8. The third kappa shape index (κ3) is 1.95. The van der Waals surface area contributed by atoms with E-state index in [9.17, 15) is 0 Å². The number of anilines is 1. The van der Waals surface area contributed by atoms with Crippen LogP contribution in [0, 0.1) is 0 Å². The van der Waals surface area contributed by atoms with E-state index in [1.54, 1.807) is 12.4 Å². The van der Waals surface area contributed by atoms with Crippen LogP contribution < -0.4 is 21.6 Å². The van der Waals surface area contributed by atoms with E-state index in [2.05, 4.69) is 45.6 Å². The lowest BCUT2D eigenvalue weighted by Crippen LogP contribution is -2.39. The number of aromatic nitrogens is 3. The van der Waals surface area contributed by atoms with Gasteiger partial charge >= 0.3 is 0 Å². The molecule has 1 aromatic carbocycles. The van der Waals surface area contributed by atoms with E-state index in [0.717, 1.165) is 41.4 Å². The average molecular weight is 315 g/mol. The fourth-order valence-electron chi connectivity index (χ4n) is 3.88. The highest BCUT2D eigenvalue weighted by atomic mass is 15.0. The van der Waals surface area contributed by atoms with Gasteiger partial charge in [-0.1, -0.05) is 30.3 Å². The van der Waals surface area contributed by atoms with Gasteiger partial charge in [0.2, 0.25) is 5.95 Å². The van der Waals surface area contributed by atoms with Gasteiger partial charge in [0, 0.05) is 34.6 Å². The molecule has 5 heteroatoms. The number of pyridine rings is 1. The summed E-state index contributed by atoms with van der Waals surface area (Å²) in [7, 11) is 0. The molecule has 5 rings (SSSR count). The van der Waals surface area contributed by atoms with Gasteiger partial charge in [-0.15, -0.1) is 0 Å². The summed E-state index contributed by atoms with van der Waals surface area (Å²) in [5.74, 6) is 0.281. The Balaban J connectivity index is 1.91. The van der Waals surface area contributed by atoms with Crippen LogP contribution in [0.25, 0.3) is 33.7 Å². The molecule has 0 amide bonds. The fourth-order valence-corrected chi connectivity index (χ4v) is 3.88. The van der Waals surface area contributed by atoms with E-state index in [4.69, 9.17) is 10.7 Å². The molecule has 5 nitrogen and oxygen atoms in total. The first kappa shape index (κ1) is 13.6. The zero-order valence-electron chi connectivity index (χ0n) is 13.2. The summed E-state index contributed by atoms with van der Waals surface area (Å²) in [6.07, 6.45) is 7.85. The maximum atomic E-state index is 5.63. The van der Waals surface area contributed by atoms with Gasteiger partial charge in [-0.05, 0) is 30.3 Å². The van der Waals surface area contributed by atoms with Crippen LogP contribution in [0.4, 0.5) is 5.95 Å². The van der Waals surface area contributed by atoms with Crippen molar-refractivity contribution in [3.05, 3.63) is 47.2 Å². The summed E-state index contributed by atoms with van der Waals surface area (Å²) >= 11 is 0. The highest BCUT2D eigenvalue weighted by Crippen LogP contribution is 2.26. The topological polar surface area (TPSA) is 76.7 Å². The number of nitrogens with two attached hydrogens (primary N) is 1. The molecular formula is C19H17N5. The predicted octanol–water partition coefficient (Wildman–Crippen LogP) is 0.971. The smallest absolute Gasteiger partial charge is 0.219 e. The van der Waals surface area contributed by atoms with Crippen molar-refractivity contribution >= 4 is 28.4 Å². The Labute approximate surface area is 139 Å². The molecule has 0 spiro atoms. The molecule has 24 heavy (non-hydrogen) atoms. The van der Waals surface area contributed by atoms with Crippen LogP contribution in [-0.2, 0) is 0 Å². The molecule has 2 aliphatic rings. The number of hydrogen-bond donors (Lipinski definition) is 2. The van der Waals surface area contributed by atoms with E-state index < -0.39 is 0 Å². The second-order valence-electron chi connectivity index (χ2n) is 6.32. The summed E-state index contributed by atoms with van der Waals surface area (Å²) in [5, 5.41) is 8.37. The average Bonchev–Trinajstić information content (AvgIpc) is 3.10. The number of hydrogen-bond acceptors (Lipinski definition) is 5. The predicted molar refractivity (Wildman–Crippen MR) is 95.3 cm³/mol. The largest absolute Gasteiger partial charge is 0.368 e. The zero-order chi connectivity index (χ0) is 16.1. The Morgan fingerprint density at radius 2 is 1.88 bits per heavy atom. The van der Waals surface area contributed by atoms with Crippen molar-refractivity contribution in [1.82, 2.24) is 20.3 Å². The van der Waals surface area contributed by atoms with E-state index in [0.29, 0.717) is 6.04 Å². The SMILES string of the molecule is Nc1ncc(-c2nc3c(c4ccccc24)=C2CCNC2CC=3)cn1.